The number of aromatic nitrogens is 2. The fraction of sp³-hybridized carbons (Fsp3) is 0.222. The Hall–Kier alpha value is -2.82. The van der Waals surface area contributed by atoms with Crippen molar-refractivity contribution in [2.24, 2.45) is 10.7 Å². The molecule has 0 saturated carbocycles. The summed E-state index contributed by atoms with van der Waals surface area (Å²) in [5, 5.41) is 0. The van der Waals surface area contributed by atoms with Crippen LogP contribution < -0.4 is 10.5 Å². The molecular formula is C18H18N4O. The summed E-state index contributed by atoms with van der Waals surface area (Å²) in [6.45, 7) is 0.651. The lowest BCUT2D eigenvalue weighted by molar-refractivity contribution is 0.378. The van der Waals surface area contributed by atoms with Crippen LogP contribution in [0.2, 0.25) is 0 Å². The van der Waals surface area contributed by atoms with Gasteiger partial charge >= 0.3 is 6.01 Å². The number of nitrogens with zero attached hydrogens (tertiary/aromatic N) is 3. The molecule has 2 aromatic carbocycles. The number of imidazole rings is 1. The Morgan fingerprint density at radius 2 is 2.13 bits per heavy atom. The minimum absolute atomic E-state index is 0.410. The lowest BCUT2D eigenvalue weighted by atomic mass is 10.1. The van der Waals surface area contributed by atoms with Gasteiger partial charge in [-0.3, -0.25) is 4.99 Å². The molecule has 0 radical (unpaired) electrons. The van der Waals surface area contributed by atoms with Gasteiger partial charge in [0.1, 0.15) is 0 Å². The summed E-state index contributed by atoms with van der Waals surface area (Å²) in [6.07, 6.45) is 2.03. The average molecular weight is 306 g/mol. The van der Waals surface area contributed by atoms with Gasteiger partial charge in [0.15, 0.2) is 0 Å². The third-order valence-corrected chi connectivity index (χ3v) is 4.21. The second-order valence-corrected chi connectivity index (χ2v) is 5.64. The van der Waals surface area contributed by atoms with Gasteiger partial charge in [0.25, 0.3) is 0 Å². The van der Waals surface area contributed by atoms with Crippen LogP contribution in [0.25, 0.3) is 11.0 Å². The maximum Gasteiger partial charge on any atom is 0.304 e. The highest BCUT2D eigenvalue weighted by atomic mass is 16.5. The van der Waals surface area contributed by atoms with Crippen molar-refractivity contribution in [3.8, 4) is 6.01 Å². The average Bonchev–Trinajstić information content (AvgIpc) is 3.27. The minimum atomic E-state index is 0.410. The van der Waals surface area contributed by atoms with Crippen LogP contribution in [0.3, 0.4) is 0 Å². The van der Waals surface area contributed by atoms with E-state index in [1.165, 1.54) is 16.7 Å². The van der Waals surface area contributed by atoms with Crippen molar-refractivity contribution < 1.29 is 4.74 Å². The standard InChI is InChI=1S/C18H18N4O/c1-23-18-21-15-7-2-3-8-16(15)22(18)17(19)20-10-9-12-5-4-6-13-11-14(12)13/h2-8H,9-11H2,1H3,(H2,19,20). The van der Waals surface area contributed by atoms with Crippen LogP contribution in [0.5, 0.6) is 6.01 Å². The lowest BCUT2D eigenvalue weighted by Gasteiger charge is -2.07. The molecule has 1 heterocycles. The largest absolute Gasteiger partial charge is 0.468 e. The predicted molar refractivity (Wildman–Crippen MR) is 91.1 cm³/mol. The molecule has 1 aliphatic rings. The smallest absolute Gasteiger partial charge is 0.304 e. The third kappa shape index (κ3) is 2.44. The first kappa shape index (κ1) is 13.8. The fourth-order valence-electron chi connectivity index (χ4n) is 2.96. The van der Waals surface area contributed by atoms with Gasteiger partial charge in [-0.15, -0.1) is 0 Å². The number of benzene rings is 2. The number of fused-ring (bicyclic) bond motifs is 2. The molecule has 116 valence electrons. The van der Waals surface area contributed by atoms with E-state index < -0.39 is 0 Å². The van der Waals surface area contributed by atoms with Gasteiger partial charge in [0, 0.05) is 6.54 Å². The van der Waals surface area contributed by atoms with Crippen molar-refractivity contribution in [1.29, 1.82) is 0 Å². The molecule has 0 fully saturated rings. The van der Waals surface area contributed by atoms with Gasteiger partial charge in [-0.25, -0.2) is 4.57 Å². The lowest BCUT2D eigenvalue weighted by Crippen LogP contribution is -2.23. The normalized spacial score (nSPS) is 13.2. The van der Waals surface area contributed by atoms with E-state index in [1.54, 1.807) is 11.7 Å². The number of hydrogen-bond acceptors (Lipinski definition) is 3. The number of para-hydroxylation sites is 2. The van der Waals surface area contributed by atoms with Gasteiger partial charge in [-0.1, -0.05) is 30.3 Å². The molecule has 0 aliphatic heterocycles. The Bertz CT molecular complexity index is 911. The maximum absolute atomic E-state index is 6.19. The molecule has 3 aromatic rings. The minimum Gasteiger partial charge on any atom is -0.468 e. The van der Waals surface area contributed by atoms with Gasteiger partial charge in [0.05, 0.1) is 18.1 Å². The first-order valence-electron chi connectivity index (χ1n) is 7.69. The summed E-state index contributed by atoms with van der Waals surface area (Å²) in [7, 11) is 1.59. The molecule has 1 aliphatic carbocycles. The predicted octanol–water partition coefficient (Wildman–Crippen LogP) is 2.35. The van der Waals surface area contributed by atoms with E-state index in [0.29, 0.717) is 18.5 Å². The van der Waals surface area contributed by atoms with Crippen LogP contribution in [0.4, 0.5) is 0 Å². The summed E-state index contributed by atoms with van der Waals surface area (Å²) < 4.78 is 7.09. The topological polar surface area (TPSA) is 65.4 Å². The first-order valence-corrected chi connectivity index (χ1v) is 7.69. The second kappa shape index (κ2) is 5.43. The van der Waals surface area contributed by atoms with Gasteiger partial charge in [0.2, 0.25) is 5.96 Å². The number of methoxy groups -OCH3 is 1. The van der Waals surface area contributed by atoms with Crippen molar-refractivity contribution in [3.05, 3.63) is 59.2 Å². The SMILES string of the molecule is COc1nc2ccccc2n1C(N)=NCCc1cccc2c1C2. The highest BCUT2D eigenvalue weighted by Gasteiger charge is 2.19. The van der Waals surface area contributed by atoms with Gasteiger partial charge in [-0.2, -0.15) is 4.98 Å². The quantitative estimate of drug-likeness (QED) is 0.465. The van der Waals surface area contributed by atoms with Crippen molar-refractivity contribution in [3.63, 3.8) is 0 Å². The van der Waals surface area contributed by atoms with Crippen LogP contribution in [-0.2, 0) is 12.8 Å². The summed E-state index contributed by atoms with van der Waals surface area (Å²) in [5.74, 6) is 0.410. The molecule has 4 rings (SSSR count). The van der Waals surface area contributed by atoms with Gasteiger partial charge < -0.3 is 10.5 Å². The zero-order valence-corrected chi connectivity index (χ0v) is 13.0. The van der Waals surface area contributed by atoms with Crippen LogP contribution in [0, 0.1) is 0 Å². The maximum atomic E-state index is 6.19. The third-order valence-electron chi connectivity index (χ3n) is 4.21. The number of ether oxygens (including phenoxy) is 1. The molecule has 0 unspecified atom stereocenters. The van der Waals surface area contributed by atoms with E-state index in [9.17, 15) is 0 Å². The number of hydrogen-bond donors (Lipinski definition) is 1. The van der Waals surface area contributed by atoms with Gasteiger partial charge in [-0.05, 0) is 41.7 Å². The molecule has 5 nitrogen and oxygen atoms in total. The Kier molecular flexibility index (Phi) is 3.26. The molecule has 2 N–H and O–H groups in total. The zero-order chi connectivity index (χ0) is 15.8. The molecule has 23 heavy (non-hydrogen) atoms. The number of nitrogens with two attached hydrogens (primary N) is 1. The molecule has 0 amide bonds. The van der Waals surface area contributed by atoms with Crippen LogP contribution in [0.15, 0.2) is 47.5 Å². The molecule has 1 aromatic heterocycles. The van der Waals surface area contributed by atoms with E-state index in [-0.39, 0.29) is 0 Å². The summed E-state index contributed by atoms with van der Waals surface area (Å²) in [5.41, 5.74) is 12.2. The number of rotatable bonds is 4. The van der Waals surface area contributed by atoms with E-state index in [1.807, 2.05) is 24.3 Å². The Morgan fingerprint density at radius 3 is 3.00 bits per heavy atom. The van der Waals surface area contributed by atoms with Crippen LogP contribution in [0.1, 0.15) is 16.7 Å². The van der Waals surface area contributed by atoms with Crippen molar-refractivity contribution in [2.45, 2.75) is 12.8 Å². The number of aliphatic imine (C=N–C) groups is 1. The van der Waals surface area contributed by atoms with Crippen molar-refractivity contribution >= 4 is 17.0 Å². The zero-order valence-electron chi connectivity index (χ0n) is 13.0. The Balaban J connectivity index is 1.59. The molecule has 5 heteroatoms. The highest BCUT2D eigenvalue weighted by molar-refractivity contribution is 5.92. The monoisotopic (exact) mass is 306 g/mol. The van der Waals surface area contributed by atoms with Crippen LogP contribution >= 0.6 is 0 Å². The Morgan fingerprint density at radius 1 is 1.26 bits per heavy atom. The van der Waals surface area contributed by atoms with Crippen LogP contribution in [-0.4, -0.2) is 29.2 Å². The summed E-state index contributed by atoms with van der Waals surface area (Å²) in [6, 6.07) is 14.7. The molecule has 0 bridgehead atoms. The molecular weight excluding hydrogens is 288 g/mol. The summed E-state index contributed by atoms with van der Waals surface area (Å²) in [4.78, 5) is 8.94. The van der Waals surface area contributed by atoms with Crippen molar-refractivity contribution in [1.82, 2.24) is 9.55 Å². The fourth-order valence-corrected chi connectivity index (χ4v) is 2.96. The first-order chi connectivity index (χ1) is 11.3. The van der Waals surface area contributed by atoms with E-state index in [0.717, 1.165) is 23.9 Å². The Labute approximate surface area is 134 Å². The molecule has 0 atom stereocenters. The van der Waals surface area contributed by atoms with Crippen molar-refractivity contribution in [2.75, 3.05) is 13.7 Å². The molecule has 0 spiro atoms. The molecule has 0 saturated heterocycles. The second-order valence-electron chi connectivity index (χ2n) is 5.64. The van der Waals surface area contributed by atoms with E-state index in [2.05, 4.69) is 28.2 Å². The van der Waals surface area contributed by atoms with E-state index >= 15 is 0 Å². The highest BCUT2D eigenvalue weighted by Crippen LogP contribution is 2.31. The summed E-state index contributed by atoms with van der Waals surface area (Å²) >= 11 is 0. The van der Waals surface area contributed by atoms with E-state index in [4.69, 9.17) is 10.5 Å².